The average molecular weight is 457 g/mol. The van der Waals surface area contributed by atoms with Gasteiger partial charge in [-0.25, -0.2) is 0 Å². The van der Waals surface area contributed by atoms with Crippen LogP contribution in [0.5, 0.6) is 11.5 Å². The molecule has 1 saturated carbocycles. The Bertz CT molecular complexity index is 922. The number of fused-ring (bicyclic) bond motifs is 1. The monoisotopic (exact) mass is 456 g/mol. The zero-order valence-electron chi connectivity index (χ0n) is 18.9. The fourth-order valence-electron chi connectivity index (χ4n) is 4.43. The minimum atomic E-state index is -0.0334. The third kappa shape index (κ3) is 5.44. The first-order valence-electron chi connectivity index (χ1n) is 11.5. The van der Waals surface area contributed by atoms with Gasteiger partial charge in [-0.2, -0.15) is 0 Å². The minimum Gasteiger partial charge on any atom is -0.454 e. The lowest BCUT2D eigenvalue weighted by Gasteiger charge is -2.33. The largest absolute Gasteiger partial charge is 0.454 e. The van der Waals surface area contributed by atoms with Gasteiger partial charge in [0.1, 0.15) is 6.54 Å². The zero-order valence-corrected chi connectivity index (χ0v) is 19.7. The Balaban J connectivity index is 1.49. The van der Waals surface area contributed by atoms with E-state index in [0.29, 0.717) is 18.8 Å². The van der Waals surface area contributed by atoms with Gasteiger partial charge < -0.3 is 19.3 Å². The molecular formula is C25H32N2O4S. The number of carbonyl (C=O) groups excluding carboxylic acids is 2. The second-order valence-corrected chi connectivity index (χ2v) is 9.94. The molecule has 0 radical (unpaired) electrons. The van der Waals surface area contributed by atoms with E-state index in [2.05, 4.69) is 0 Å². The van der Waals surface area contributed by atoms with Crippen molar-refractivity contribution in [1.29, 1.82) is 0 Å². The normalized spacial score (nSPS) is 15.7. The third-order valence-corrected chi connectivity index (χ3v) is 7.12. The summed E-state index contributed by atoms with van der Waals surface area (Å²) in [5.41, 5.74) is 0.980. The lowest BCUT2D eigenvalue weighted by Crippen LogP contribution is -2.47. The predicted octanol–water partition coefficient (Wildman–Crippen LogP) is 4.82. The van der Waals surface area contributed by atoms with Crippen LogP contribution in [0.1, 0.15) is 56.4 Å². The summed E-state index contributed by atoms with van der Waals surface area (Å²) in [6.07, 6.45) is 5.28. The van der Waals surface area contributed by atoms with Crippen LogP contribution in [0.15, 0.2) is 35.7 Å². The molecule has 2 heterocycles. The van der Waals surface area contributed by atoms with Gasteiger partial charge in [0.05, 0.1) is 6.54 Å². The molecule has 0 bridgehead atoms. The number of ether oxygens (including phenoxy) is 2. The minimum absolute atomic E-state index is 0.0116. The van der Waals surface area contributed by atoms with Crippen LogP contribution in [0.2, 0.25) is 0 Å². The van der Waals surface area contributed by atoms with Crippen LogP contribution in [0.3, 0.4) is 0 Å². The molecule has 0 spiro atoms. The van der Waals surface area contributed by atoms with Gasteiger partial charge in [0.2, 0.25) is 18.6 Å². The van der Waals surface area contributed by atoms with Crippen molar-refractivity contribution in [3.63, 3.8) is 0 Å². The van der Waals surface area contributed by atoms with Gasteiger partial charge >= 0.3 is 0 Å². The van der Waals surface area contributed by atoms with Gasteiger partial charge in [-0.15, -0.1) is 11.3 Å². The Morgan fingerprint density at radius 1 is 1.06 bits per heavy atom. The van der Waals surface area contributed by atoms with Crippen LogP contribution < -0.4 is 9.47 Å². The van der Waals surface area contributed by atoms with Crippen LogP contribution in [-0.4, -0.2) is 41.0 Å². The third-order valence-electron chi connectivity index (χ3n) is 6.26. The number of hydrogen-bond donors (Lipinski definition) is 0. The van der Waals surface area contributed by atoms with Gasteiger partial charge in [-0.05, 0) is 55.8 Å². The highest BCUT2D eigenvalue weighted by Gasteiger charge is 2.30. The molecule has 1 aliphatic carbocycles. The summed E-state index contributed by atoms with van der Waals surface area (Å²) in [5.74, 6) is 1.59. The lowest BCUT2D eigenvalue weighted by atomic mass is 9.88. The Morgan fingerprint density at radius 3 is 2.56 bits per heavy atom. The number of benzene rings is 1. The second kappa shape index (κ2) is 10.4. The topological polar surface area (TPSA) is 59.1 Å². The summed E-state index contributed by atoms with van der Waals surface area (Å²) in [6.45, 7) is 5.31. The van der Waals surface area contributed by atoms with E-state index in [-0.39, 0.29) is 37.1 Å². The maximum Gasteiger partial charge on any atom is 0.242 e. The van der Waals surface area contributed by atoms with Crippen molar-refractivity contribution in [2.45, 2.75) is 65.1 Å². The summed E-state index contributed by atoms with van der Waals surface area (Å²) >= 11 is 1.63. The molecule has 0 atom stereocenters. The van der Waals surface area contributed by atoms with Crippen LogP contribution in [-0.2, 0) is 22.7 Å². The van der Waals surface area contributed by atoms with E-state index < -0.39 is 0 Å². The highest BCUT2D eigenvalue weighted by atomic mass is 32.1. The van der Waals surface area contributed by atoms with Crippen LogP contribution >= 0.6 is 11.3 Å². The molecule has 0 saturated heterocycles. The number of hydrogen-bond acceptors (Lipinski definition) is 5. The maximum atomic E-state index is 13.5. The van der Waals surface area contributed by atoms with Gasteiger partial charge in [0.15, 0.2) is 11.5 Å². The van der Waals surface area contributed by atoms with Gasteiger partial charge in [0.25, 0.3) is 0 Å². The number of rotatable bonds is 8. The van der Waals surface area contributed by atoms with Crippen LogP contribution in [0.25, 0.3) is 0 Å². The molecule has 0 N–H and O–H groups in total. The number of nitrogens with zero attached hydrogens (tertiary/aromatic N) is 2. The van der Waals surface area contributed by atoms with E-state index in [9.17, 15) is 9.59 Å². The first-order valence-corrected chi connectivity index (χ1v) is 12.4. The number of carbonyl (C=O) groups is 2. The Kier molecular flexibility index (Phi) is 7.35. The van der Waals surface area contributed by atoms with Gasteiger partial charge in [-0.3, -0.25) is 9.59 Å². The Labute approximate surface area is 194 Å². The molecule has 0 unspecified atom stereocenters. The molecule has 172 valence electrons. The zero-order chi connectivity index (χ0) is 22.5. The van der Waals surface area contributed by atoms with Gasteiger partial charge in [-0.1, -0.05) is 31.4 Å². The number of thiophene rings is 1. The van der Waals surface area contributed by atoms with Gasteiger partial charge in [0, 0.05) is 23.4 Å². The standard InChI is InChI=1S/C25H32N2O4S/c1-18(2)27(25(29)20-7-4-3-5-8-20)16-24(28)26(15-21-9-6-12-32-21)14-19-10-11-22-23(13-19)31-17-30-22/h6,9-13,18,20H,3-5,7-8,14-17H2,1-2H3. The Morgan fingerprint density at radius 2 is 1.84 bits per heavy atom. The molecule has 7 heteroatoms. The highest BCUT2D eigenvalue weighted by Crippen LogP contribution is 2.33. The molecule has 2 amide bonds. The van der Waals surface area contributed by atoms with E-state index in [4.69, 9.17) is 9.47 Å². The smallest absolute Gasteiger partial charge is 0.242 e. The average Bonchev–Trinajstić information content (AvgIpc) is 3.48. The van der Waals surface area contributed by atoms with Crippen molar-refractivity contribution in [1.82, 2.24) is 9.80 Å². The summed E-state index contributed by atoms with van der Waals surface area (Å²) in [6, 6.07) is 9.81. The summed E-state index contributed by atoms with van der Waals surface area (Å²) in [7, 11) is 0. The SMILES string of the molecule is CC(C)N(CC(=O)N(Cc1ccc2c(c1)OCO2)Cc1cccs1)C(=O)C1CCCCC1. The van der Waals surface area contributed by atoms with E-state index in [0.717, 1.165) is 41.9 Å². The van der Waals surface area contributed by atoms with E-state index in [1.807, 2.05) is 54.5 Å². The maximum absolute atomic E-state index is 13.5. The van der Waals surface area contributed by atoms with Crippen molar-refractivity contribution < 1.29 is 19.1 Å². The van der Waals surface area contributed by atoms with E-state index in [1.54, 1.807) is 16.2 Å². The fraction of sp³-hybridized carbons (Fsp3) is 0.520. The fourth-order valence-corrected chi connectivity index (χ4v) is 5.15. The second-order valence-electron chi connectivity index (χ2n) is 8.91. The van der Waals surface area contributed by atoms with Crippen molar-refractivity contribution >= 4 is 23.2 Å². The molecule has 32 heavy (non-hydrogen) atoms. The molecule has 2 aliphatic rings. The van der Waals surface area contributed by atoms with Crippen LogP contribution in [0, 0.1) is 5.92 Å². The number of amides is 2. The molecule has 1 aliphatic heterocycles. The van der Waals surface area contributed by atoms with Crippen molar-refractivity contribution in [2.75, 3.05) is 13.3 Å². The summed E-state index contributed by atoms with van der Waals surface area (Å²) in [4.78, 5) is 31.5. The molecule has 4 rings (SSSR count). The molecule has 2 aromatic rings. The highest BCUT2D eigenvalue weighted by molar-refractivity contribution is 7.09. The lowest BCUT2D eigenvalue weighted by molar-refractivity contribution is -0.145. The first kappa shape index (κ1) is 22.6. The Hall–Kier alpha value is -2.54. The summed E-state index contributed by atoms with van der Waals surface area (Å²) in [5, 5.41) is 2.02. The molecule has 1 aromatic heterocycles. The van der Waals surface area contributed by atoms with E-state index in [1.165, 1.54) is 6.42 Å². The van der Waals surface area contributed by atoms with Crippen molar-refractivity contribution in [3.05, 3.63) is 46.2 Å². The van der Waals surface area contributed by atoms with Crippen molar-refractivity contribution in [3.8, 4) is 11.5 Å². The predicted molar refractivity (Wildman–Crippen MR) is 125 cm³/mol. The molecule has 6 nitrogen and oxygen atoms in total. The first-order chi connectivity index (χ1) is 15.5. The molecule has 1 aromatic carbocycles. The molecular weight excluding hydrogens is 424 g/mol. The quantitative estimate of drug-likeness (QED) is 0.571. The molecule has 1 fully saturated rings. The van der Waals surface area contributed by atoms with E-state index >= 15 is 0 Å². The van der Waals surface area contributed by atoms with Crippen molar-refractivity contribution in [2.24, 2.45) is 5.92 Å². The summed E-state index contributed by atoms with van der Waals surface area (Å²) < 4.78 is 10.9. The van der Waals surface area contributed by atoms with Crippen LogP contribution in [0.4, 0.5) is 0 Å².